The molecule has 1 saturated carbocycles. The smallest absolute Gasteiger partial charge is 0.244 e. The van der Waals surface area contributed by atoms with Crippen LogP contribution in [0.1, 0.15) is 36.2 Å². The molecule has 0 saturated heterocycles. The van der Waals surface area contributed by atoms with Gasteiger partial charge in [-0.1, -0.05) is 6.42 Å². The molecule has 1 aromatic heterocycles. The summed E-state index contributed by atoms with van der Waals surface area (Å²) in [5.74, 6) is 0.104. The maximum absolute atomic E-state index is 12.0. The molecule has 0 aliphatic heterocycles. The largest absolute Gasteiger partial charge is 0.396 e. The van der Waals surface area contributed by atoms with Crippen molar-refractivity contribution in [2.75, 3.05) is 6.61 Å². The Morgan fingerprint density at radius 1 is 1.50 bits per heavy atom. The fourth-order valence-corrected chi connectivity index (χ4v) is 2.87. The molecule has 2 N–H and O–H groups in total. The number of aliphatic hydroxyl groups is 1. The first-order valence-electron chi connectivity index (χ1n) is 7.12. The van der Waals surface area contributed by atoms with Gasteiger partial charge in [0.25, 0.3) is 0 Å². The van der Waals surface area contributed by atoms with Crippen molar-refractivity contribution in [3.63, 3.8) is 0 Å². The van der Waals surface area contributed by atoms with Gasteiger partial charge in [-0.15, -0.1) is 0 Å². The van der Waals surface area contributed by atoms with E-state index in [2.05, 4.69) is 10.4 Å². The number of hydrogen-bond donors (Lipinski definition) is 2. The van der Waals surface area contributed by atoms with Crippen LogP contribution in [0.2, 0.25) is 0 Å². The quantitative estimate of drug-likeness (QED) is 0.816. The van der Waals surface area contributed by atoms with Gasteiger partial charge in [0.05, 0.1) is 5.69 Å². The van der Waals surface area contributed by atoms with Crippen LogP contribution in [-0.2, 0) is 11.8 Å². The van der Waals surface area contributed by atoms with Gasteiger partial charge in [0.2, 0.25) is 5.91 Å². The lowest BCUT2D eigenvalue weighted by Gasteiger charge is -2.17. The number of nitrogens with zero attached hydrogens (tertiary/aromatic N) is 2. The Morgan fingerprint density at radius 2 is 2.25 bits per heavy atom. The maximum atomic E-state index is 12.0. The second kappa shape index (κ2) is 6.22. The van der Waals surface area contributed by atoms with Crippen LogP contribution in [-0.4, -0.2) is 33.4 Å². The number of aromatic nitrogens is 2. The molecule has 110 valence electrons. The first kappa shape index (κ1) is 14.8. The summed E-state index contributed by atoms with van der Waals surface area (Å²) in [7, 11) is 1.89. The number of nitrogens with one attached hydrogen (secondary N) is 1. The highest BCUT2D eigenvalue weighted by Gasteiger charge is 2.27. The Bertz CT molecular complexity index is 519. The summed E-state index contributed by atoms with van der Waals surface area (Å²) < 4.78 is 1.81. The number of hydrogen-bond acceptors (Lipinski definition) is 3. The molecule has 0 aromatic carbocycles. The van der Waals surface area contributed by atoms with Gasteiger partial charge in [0, 0.05) is 42.9 Å². The molecule has 5 nitrogen and oxygen atoms in total. The number of rotatable bonds is 4. The van der Waals surface area contributed by atoms with Crippen molar-refractivity contribution in [3.8, 4) is 0 Å². The first-order chi connectivity index (χ1) is 9.52. The van der Waals surface area contributed by atoms with Crippen molar-refractivity contribution in [2.24, 2.45) is 13.0 Å². The van der Waals surface area contributed by atoms with Crippen molar-refractivity contribution >= 4 is 12.0 Å². The van der Waals surface area contributed by atoms with Crippen molar-refractivity contribution in [2.45, 2.75) is 39.2 Å². The van der Waals surface area contributed by atoms with Crippen LogP contribution >= 0.6 is 0 Å². The standard InChI is InChI=1S/C15H23N3O2/c1-10-13(11(2)18(3)17-10)7-8-15(20)16-14-6-4-5-12(14)9-19/h7-8,12,14,19H,4-6,9H2,1-3H3,(H,16,20)/b8-7+. The number of aryl methyl sites for hydroxylation is 2. The van der Waals surface area contributed by atoms with E-state index >= 15 is 0 Å². The molecule has 2 atom stereocenters. The average molecular weight is 277 g/mol. The second-order valence-electron chi connectivity index (χ2n) is 5.53. The second-order valence-corrected chi connectivity index (χ2v) is 5.53. The number of aliphatic hydroxyl groups excluding tert-OH is 1. The molecule has 0 spiro atoms. The van der Waals surface area contributed by atoms with Gasteiger partial charge >= 0.3 is 0 Å². The molecule has 1 aliphatic rings. The van der Waals surface area contributed by atoms with Gasteiger partial charge in [0.1, 0.15) is 0 Å². The SMILES string of the molecule is Cc1nn(C)c(C)c1/C=C/C(=O)NC1CCCC1CO. The van der Waals surface area contributed by atoms with Crippen LogP contribution in [0, 0.1) is 19.8 Å². The molecule has 20 heavy (non-hydrogen) atoms. The van der Waals surface area contributed by atoms with Crippen molar-refractivity contribution in [3.05, 3.63) is 23.0 Å². The molecule has 1 heterocycles. The topological polar surface area (TPSA) is 67.2 Å². The molecule has 1 aromatic rings. The third kappa shape index (κ3) is 3.10. The van der Waals surface area contributed by atoms with Crippen LogP contribution in [0.3, 0.4) is 0 Å². The predicted molar refractivity (Wildman–Crippen MR) is 78.1 cm³/mol. The summed E-state index contributed by atoms with van der Waals surface area (Å²) in [5.41, 5.74) is 2.96. The van der Waals surface area contributed by atoms with Crippen molar-refractivity contribution in [1.29, 1.82) is 0 Å². The minimum Gasteiger partial charge on any atom is -0.396 e. The highest BCUT2D eigenvalue weighted by molar-refractivity contribution is 5.92. The molecular weight excluding hydrogens is 254 g/mol. The predicted octanol–water partition coefficient (Wildman–Crippen LogP) is 1.33. The Kier molecular flexibility index (Phi) is 4.60. The first-order valence-corrected chi connectivity index (χ1v) is 7.12. The number of carbonyl (C=O) groups is 1. The molecule has 1 aliphatic carbocycles. The van der Waals surface area contributed by atoms with Gasteiger partial charge in [-0.25, -0.2) is 0 Å². The molecular formula is C15H23N3O2. The summed E-state index contributed by atoms with van der Waals surface area (Å²) in [6, 6.07) is 0.105. The zero-order chi connectivity index (χ0) is 14.7. The summed E-state index contributed by atoms with van der Waals surface area (Å²) >= 11 is 0. The summed E-state index contributed by atoms with van der Waals surface area (Å²) in [6.07, 6.45) is 6.39. The summed E-state index contributed by atoms with van der Waals surface area (Å²) in [4.78, 5) is 12.0. The lowest BCUT2D eigenvalue weighted by molar-refractivity contribution is -0.117. The zero-order valence-electron chi connectivity index (χ0n) is 12.4. The van der Waals surface area contributed by atoms with Crippen molar-refractivity contribution < 1.29 is 9.90 Å². The van der Waals surface area contributed by atoms with E-state index in [4.69, 9.17) is 0 Å². The summed E-state index contributed by atoms with van der Waals surface area (Å²) in [5, 5.41) is 16.6. The van der Waals surface area contributed by atoms with Crippen LogP contribution in [0.5, 0.6) is 0 Å². The zero-order valence-corrected chi connectivity index (χ0v) is 12.4. The van der Waals surface area contributed by atoms with E-state index in [0.717, 1.165) is 36.2 Å². The van der Waals surface area contributed by atoms with E-state index in [1.54, 1.807) is 6.08 Å². The van der Waals surface area contributed by atoms with E-state index in [1.807, 2.05) is 31.7 Å². The van der Waals surface area contributed by atoms with E-state index in [1.165, 1.54) is 0 Å². The molecule has 2 rings (SSSR count). The molecule has 2 unspecified atom stereocenters. The van der Waals surface area contributed by atoms with Gasteiger partial charge in [0.15, 0.2) is 0 Å². The van der Waals surface area contributed by atoms with Crippen LogP contribution in [0.25, 0.3) is 6.08 Å². The molecule has 1 amide bonds. The average Bonchev–Trinajstić information content (AvgIpc) is 2.94. The molecule has 0 bridgehead atoms. The molecule has 5 heteroatoms. The van der Waals surface area contributed by atoms with Crippen LogP contribution in [0.15, 0.2) is 6.08 Å². The molecule has 1 fully saturated rings. The van der Waals surface area contributed by atoms with Gasteiger partial charge in [-0.3, -0.25) is 9.48 Å². The lowest BCUT2D eigenvalue weighted by atomic mass is 10.1. The summed E-state index contributed by atoms with van der Waals surface area (Å²) in [6.45, 7) is 4.06. The lowest BCUT2D eigenvalue weighted by Crippen LogP contribution is -2.37. The number of carbonyl (C=O) groups excluding carboxylic acids is 1. The number of amides is 1. The molecule has 0 radical (unpaired) electrons. The van der Waals surface area contributed by atoms with E-state index in [0.29, 0.717) is 0 Å². The Balaban J connectivity index is 1.99. The third-order valence-corrected chi connectivity index (χ3v) is 4.19. The van der Waals surface area contributed by atoms with Gasteiger partial charge in [-0.05, 0) is 32.8 Å². The van der Waals surface area contributed by atoms with Gasteiger partial charge in [-0.2, -0.15) is 5.10 Å². The van der Waals surface area contributed by atoms with E-state index in [9.17, 15) is 9.90 Å². The van der Waals surface area contributed by atoms with E-state index in [-0.39, 0.29) is 24.5 Å². The fraction of sp³-hybridized carbons (Fsp3) is 0.600. The third-order valence-electron chi connectivity index (χ3n) is 4.19. The van der Waals surface area contributed by atoms with Crippen molar-refractivity contribution in [1.82, 2.24) is 15.1 Å². The highest BCUT2D eigenvalue weighted by atomic mass is 16.3. The minimum atomic E-state index is -0.0991. The maximum Gasteiger partial charge on any atom is 0.244 e. The minimum absolute atomic E-state index is 0.0991. The van der Waals surface area contributed by atoms with Gasteiger partial charge < -0.3 is 10.4 Å². The Labute approximate surface area is 119 Å². The monoisotopic (exact) mass is 277 g/mol. The van der Waals surface area contributed by atoms with E-state index < -0.39 is 0 Å². The highest BCUT2D eigenvalue weighted by Crippen LogP contribution is 2.25. The Morgan fingerprint density at radius 3 is 2.85 bits per heavy atom. The van der Waals surface area contributed by atoms with Crippen LogP contribution < -0.4 is 5.32 Å². The normalized spacial score (nSPS) is 22.6. The van der Waals surface area contributed by atoms with Crippen LogP contribution in [0.4, 0.5) is 0 Å². The fourth-order valence-electron chi connectivity index (χ4n) is 2.87. The Hall–Kier alpha value is -1.62.